The van der Waals surface area contributed by atoms with E-state index in [2.05, 4.69) is 58.9 Å². The van der Waals surface area contributed by atoms with Crippen LogP contribution in [0.15, 0.2) is 72.8 Å². The highest BCUT2D eigenvalue weighted by Crippen LogP contribution is 2.24. The Morgan fingerprint density at radius 2 is 1.62 bits per heavy atom. The van der Waals surface area contributed by atoms with Crippen molar-refractivity contribution in [2.24, 2.45) is 0 Å². The minimum atomic E-state index is 0. The van der Waals surface area contributed by atoms with Crippen LogP contribution in [0.5, 0.6) is 11.5 Å². The van der Waals surface area contributed by atoms with E-state index < -0.39 is 0 Å². The zero-order valence-corrected chi connectivity index (χ0v) is 22.9. The van der Waals surface area contributed by atoms with Crippen molar-refractivity contribution in [3.05, 3.63) is 89.7 Å². The van der Waals surface area contributed by atoms with Gasteiger partial charge in [0.25, 0.3) is 0 Å². The molecule has 0 aliphatic carbocycles. The predicted molar refractivity (Wildman–Crippen MR) is 154 cm³/mol. The van der Waals surface area contributed by atoms with Gasteiger partial charge in [-0.3, -0.25) is 5.41 Å². The van der Waals surface area contributed by atoms with Crippen molar-refractivity contribution in [2.75, 3.05) is 13.1 Å². The van der Waals surface area contributed by atoms with Crippen LogP contribution >= 0.6 is 24.8 Å². The van der Waals surface area contributed by atoms with E-state index in [1.54, 1.807) is 0 Å². The number of rotatable bonds is 7. The zero-order valence-electron chi connectivity index (χ0n) is 21.2. The highest BCUT2D eigenvalue weighted by Gasteiger charge is 2.20. The Kier molecular flexibility index (Phi) is 9.84. The van der Waals surface area contributed by atoms with Crippen molar-refractivity contribution in [3.8, 4) is 11.5 Å². The van der Waals surface area contributed by atoms with Crippen molar-refractivity contribution in [1.29, 1.82) is 5.41 Å². The van der Waals surface area contributed by atoms with Gasteiger partial charge in [-0.15, -0.1) is 24.8 Å². The Morgan fingerprint density at radius 1 is 0.946 bits per heavy atom. The smallest absolute Gasteiger partial charge is 0.148 e. The lowest BCUT2D eigenvalue weighted by Crippen LogP contribution is -2.40. The maximum absolute atomic E-state index is 7.78. The van der Waals surface area contributed by atoms with E-state index in [4.69, 9.17) is 19.9 Å². The summed E-state index contributed by atoms with van der Waals surface area (Å²) in [4.78, 5) is 6.99. The molecule has 0 bridgehead atoms. The highest BCUT2D eigenvalue weighted by molar-refractivity contribution is 5.85. The Hall–Kier alpha value is -3.22. The van der Waals surface area contributed by atoms with Gasteiger partial charge in [-0.25, -0.2) is 4.98 Å². The molecule has 5 rings (SSSR count). The molecule has 8 heteroatoms. The number of ether oxygens (including phenoxy) is 2. The van der Waals surface area contributed by atoms with Gasteiger partial charge in [0, 0.05) is 32.5 Å². The number of amidine groups is 1. The summed E-state index contributed by atoms with van der Waals surface area (Å²) in [6.07, 6.45) is 2.07. The van der Waals surface area contributed by atoms with Crippen molar-refractivity contribution in [2.45, 2.75) is 45.9 Å². The Balaban J connectivity index is 0.00000190. The molecule has 4 aromatic rings. The number of hydrogen-bond acceptors (Lipinski definition) is 4. The molecule has 0 atom stereocenters. The normalized spacial score (nSPS) is 13.5. The van der Waals surface area contributed by atoms with Crippen molar-refractivity contribution in [1.82, 2.24) is 14.5 Å². The summed E-state index contributed by atoms with van der Waals surface area (Å²) < 4.78 is 14.6. The molecule has 1 aliphatic rings. The second-order valence-corrected chi connectivity index (χ2v) is 9.24. The summed E-state index contributed by atoms with van der Waals surface area (Å²) in [7, 11) is 0. The number of likely N-dealkylation sites (tertiary alicyclic amines) is 1. The molecule has 1 aliphatic heterocycles. The van der Waals surface area contributed by atoms with Crippen LogP contribution in [-0.2, 0) is 13.2 Å². The van der Waals surface area contributed by atoms with E-state index in [9.17, 15) is 0 Å². The molecule has 196 valence electrons. The predicted octanol–water partition coefficient (Wildman–Crippen LogP) is 6.66. The number of piperidine rings is 1. The largest absolute Gasteiger partial charge is 0.490 e. The van der Waals surface area contributed by atoms with Crippen LogP contribution in [0.4, 0.5) is 0 Å². The maximum Gasteiger partial charge on any atom is 0.148 e. The Labute approximate surface area is 230 Å². The van der Waals surface area contributed by atoms with Crippen molar-refractivity contribution >= 4 is 41.7 Å². The van der Waals surface area contributed by atoms with Gasteiger partial charge >= 0.3 is 0 Å². The van der Waals surface area contributed by atoms with E-state index in [0.717, 1.165) is 60.8 Å². The molecule has 1 aromatic heterocycles. The molecule has 1 fully saturated rings. The monoisotopic (exact) mass is 540 g/mol. The topological polar surface area (TPSA) is 63.4 Å². The summed E-state index contributed by atoms with van der Waals surface area (Å²) in [5, 5.41) is 7.78. The number of aryl methyl sites for hydroxylation is 1. The summed E-state index contributed by atoms with van der Waals surface area (Å²) in [5.41, 5.74) is 4.54. The first-order valence-corrected chi connectivity index (χ1v) is 12.2. The van der Waals surface area contributed by atoms with Crippen LogP contribution < -0.4 is 9.47 Å². The summed E-state index contributed by atoms with van der Waals surface area (Å²) >= 11 is 0. The van der Waals surface area contributed by atoms with Crippen molar-refractivity contribution in [3.63, 3.8) is 0 Å². The fourth-order valence-electron chi connectivity index (χ4n) is 4.61. The average molecular weight is 542 g/mol. The molecule has 3 aromatic carbocycles. The van der Waals surface area contributed by atoms with Crippen LogP contribution in [0, 0.1) is 12.3 Å². The molecule has 0 amide bonds. The van der Waals surface area contributed by atoms with Gasteiger partial charge in [-0.2, -0.15) is 0 Å². The number of fused-ring (bicyclic) bond motifs is 1. The molecular formula is C29H34Cl2N4O2. The first kappa shape index (κ1) is 28.4. The van der Waals surface area contributed by atoms with Crippen LogP contribution in [-0.4, -0.2) is 39.5 Å². The Bertz CT molecular complexity index is 1300. The quantitative estimate of drug-likeness (QED) is 0.210. The molecule has 1 saturated heterocycles. The van der Waals surface area contributed by atoms with Crippen molar-refractivity contribution < 1.29 is 9.47 Å². The molecule has 0 radical (unpaired) electrons. The Morgan fingerprint density at radius 3 is 2.30 bits per heavy atom. The minimum absolute atomic E-state index is 0. The van der Waals surface area contributed by atoms with E-state index in [-0.39, 0.29) is 30.9 Å². The van der Waals surface area contributed by atoms with Gasteiger partial charge in [0.15, 0.2) is 0 Å². The number of nitrogens with one attached hydrogen (secondary N) is 1. The van der Waals surface area contributed by atoms with Gasteiger partial charge in [-0.1, -0.05) is 36.4 Å². The molecule has 1 N–H and O–H groups in total. The van der Waals surface area contributed by atoms with Crippen LogP contribution in [0.2, 0.25) is 0 Å². The second-order valence-electron chi connectivity index (χ2n) is 9.24. The van der Waals surface area contributed by atoms with E-state index in [1.165, 1.54) is 11.1 Å². The first-order chi connectivity index (χ1) is 17.0. The standard InChI is InChI=1S/C29H32N4O2.2ClH/c1-21-8-13-28-27(18-21)31-29(33(28)19-23-6-4-3-5-7-23)20-34-24-9-11-25(12-10-24)35-26-14-16-32(17-15-26)22(2)30;;/h3-13,18,26,30H,14-17,19-20H2,1-2H3;2*1H. The van der Waals surface area contributed by atoms with Crippen LogP contribution in [0.3, 0.4) is 0 Å². The SMILES string of the molecule is CC(=N)N1CCC(Oc2ccc(OCc3nc4cc(C)ccc4n3Cc3ccccc3)cc2)CC1.Cl.Cl. The summed E-state index contributed by atoms with van der Waals surface area (Å²) in [6.45, 7) is 6.84. The van der Waals surface area contributed by atoms with Gasteiger partial charge in [0.1, 0.15) is 30.0 Å². The molecule has 2 heterocycles. The molecule has 6 nitrogen and oxygen atoms in total. The lowest BCUT2D eigenvalue weighted by molar-refractivity contribution is 0.130. The number of aromatic nitrogens is 2. The fourth-order valence-corrected chi connectivity index (χ4v) is 4.61. The molecule has 0 saturated carbocycles. The van der Waals surface area contributed by atoms with Gasteiger partial charge in [0.05, 0.1) is 16.9 Å². The van der Waals surface area contributed by atoms with Crippen LogP contribution in [0.25, 0.3) is 11.0 Å². The third-order valence-electron chi connectivity index (χ3n) is 6.58. The first-order valence-electron chi connectivity index (χ1n) is 12.2. The van der Waals surface area contributed by atoms with Gasteiger partial charge in [0.2, 0.25) is 0 Å². The molecule has 0 spiro atoms. The van der Waals surface area contributed by atoms with Crippen LogP contribution in [0.1, 0.15) is 36.7 Å². The number of imidazole rings is 1. The van der Waals surface area contributed by atoms with E-state index in [1.807, 2.05) is 37.3 Å². The minimum Gasteiger partial charge on any atom is -0.490 e. The zero-order chi connectivity index (χ0) is 24.2. The van der Waals surface area contributed by atoms with Gasteiger partial charge < -0.3 is 18.9 Å². The third kappa shape index (κ3) is 6.96. The van der Waals surface area contributed by atoms with E-state index in [0.29, 0.717) is 12.4 Å². The maximum atomic E-state index is 7.78. The molecular weight excluding hydrogens is 507 g/mol. The number of nitrogens with zero attached hydrogens (tertiary/aromatic N) is 3. The summed E-state index contributed by atoms with van der Waals surface area (Å²) in [6, 6.07) is 24.7. The lowest BCUT2D eigenvalue weighted by Gasteiger charge is -2.32. The van der Waals surface area contributed by atoms with E-state index >= 15 is 0 Å². The molecule has 0 unspecified atom stereocenters. The fraction of sp³-hybridized carbons (Fsp3) is 0.310. The highest BCUT2D eigenvalue weighted by atomic mass is 35.5. The average Bonchev–Trinajstić information content (AvgIpc) is 3.20. The number of halogens is 2. The van der Waals surface area contributed by atoms with Gasteiger partial charge in [-0.05, 0) is 61.4 Å². The number of hydrogen-bond donors (Lipinski definition) is 1. The summed E-state index contributed by atoms with van der Waals surface area (Å²) in [5.74, 6) is 3.19. The lowest BCUT2D eigenvalue weighted by atomic mass is 10.1. The second kappa shape index (κ2) is 12.8. The number of benzene rings is 3. The molecule has 37 heavy (non-hydrogen) atoms. The third-order valence-corrected chi connectivity index (χ3v) is 6.58.